The van der Waals surface area contributed by atoms with Crippen molar-refractivity contribution in [1.29, 1.82) is 0 Å². The Bertz CT molecular complexity index is 969. The monoisotopic (exact) mass is 471 g/mol. The summed E-state index contributed by atoms with van der Waals surface area (Å²) in [6.07, 6.45) is 3.83. The molecule has 2 fully saturated rings. The third-order valence-electron chi connectivity index (χ3n) is 8.10. The Morgan fingerprint density at radius 3 is 2.24 bits per heavy atom. The molecule has 1 heterocycles. The Kier molecular flexibility index (Phi) is 7.39. The van der Waals surface area contributed by atoms with Crippen molar-refractivity contribution in [2.75, 3.05) is 33.7 Å². The first-order valence-corrected chi connectivity index (χ1v) is 12.5. The average Bonchev–Trinajstić information content (AvgIpc) is 3.39. The molecule has 2 aromatic carbocycles. The van der Waals surface area contributed by atoms with Crippen LogP contribution in [0.2, 0.25) is 0 Å². The maximum absolute atomic E-state index is 15.0. The number of carbonyl (C=O) groups excluding carboxylic acids is 1. The Morgan fingerprint density at radius 2 is 1.62 bits per heavy atom. The summed E-state index contributed by atoms with van der Waals surface area (Å²) in [6.45, 7) is 1.24. The van der Waals surface area contributed by atoms with E-state index in [0.717, 1.165) is 38.5 Å². The van der Waals surface area contributed by atoms with Crippen molar-refractivity contribution in [2.45, 2.75) is 56.3 Å². The number of alkyl halides is 1. The first kappa shape index (κ1) is 24.8. The molecule has 1 saturated carbocycles. The van der Waals surface area contributed by atoms with E-state index in [2.05, 4.69) is 0 Å². The smallest absolute Gasteiger partial charge is 0.259 e. The molecule has 2 aromatic rings. The van der Waals surface area contributed by atoms with Gasteiger partial charge in [-0.25, -0.2) is 8.78 Å². The average molecular weight is 472 g/mol. The van der Waals surface area contributed by atoms with E-state index in [1.807, 2.05) is 44.4 Å². The van der Waals surface area contributed by atoms with Gasteiger partial charge in [0.25, 0.3) is 5.91 Å². The van der Waals surface area contributed by atoms with E-state index >= 15 is 4.39 Å². The van der Waals surface area contributed by atoms with E-state index in [1.165, 1.54) is 12.1 Å². The fourth-order valence-electron chi connectivity index (χ4n) is 5.97. The van der Waals surface area contributed by atoms with Crippen molar-refractivity contribution in [2.24, 2.45) is 5.92 Å². The molecule has 0 bridgehead atoms. The summed E-state index contributed by atoms with van der Waals surface area (Å²) in [5.41, 5.74) is -0.717. The zero-order chi connectivity index (χ0) is 24.3. The summed E-state index contributed by atoms with van der Waals surface area (Å²) in [6, 6.07) is 15.5. The maximum Gasteiger partial charge on any atom is 0.259 e. The lowest BCUT2D eigenvalue weighted by molar-refractivity contribution is -0.919. The summed E-state index contributed by atoms with van der Waals surface area (Å²) in [5.74, 6) is -0.785. The molecule has 0 radical (unpaired) electrons. The van der Waals surface area contributed by atoms with E-state index in [9.17, 15) is 14.3 Å². The lowest BCUT2D eigenvalue weighted by Gasteiger charge is -2.45. The number of likely N-dealkylation sites (tertiary alicyclic amines) is 1. The van der Waals surface area contributed by atoms with Crippen molar-refractivity contribution in [3.8, 4) is 0 Å². The van der Waals surface area contributed by atoms with Gasteiger partial charge in [-0.2, -0.15) is 0 Å². The zero-order valence-corrected chi connectivity index (χ0v) is 20.3. The molecule has 4 rings (SSSR count). The molecule has 1 aliphatic carbocycles. The molecule has 1 amide bonds. The van der Waals surface area contributed by atoms with Gasteiger partial charge in [0.15, 0.2) is 11.8 Å². The van der Waals surface area contributed by atoms with Gasteiger partial charge in [0.05, 0.1) is 20.1 Å². The number of aliphatic hydroxyl groups is 1. The number of nitrogens with zero attached hydrogens (tertiary/aromatic N) is 2. The molecule has 2 atom stereocenters. The summed E-state index contributed by atoms with van der Waals surface area (Å²) >= 11 is 0. The molecule has 2 unspecified atom stereocenters. The molecular weight excluding hydrogens is 434 g/mol. The molecule has 1 aliphatic heterocycles. The number of amides is 1. The van der Waals surface area contributed by atoms with E-state index < -0.39 is 17.6 Å². The number of carbonyl (C=O) groups is 1. The first-order chi connectivity index (χ1) is 16.2. The van der Waals surface area contributed by atoms with Gasteiger partial charge in [-0.15, -0.1) is 0 Å². The highest BCUT2D eigenvalue weighted by Crippen LogP contribution is 2.42. The fourth-order valence-corrected chi connectivity index (χ4v) is 5.97. The third kappa shape index (κ3) is 4.89. The molecule has 1 saturated heterocycles. The summed E-state index contributed by atoms with van der Waals surface area (Å²) in [4.78, 5) is 15.5. The van der Waals surface area contributed by atoms with E-state index in [4.69, 9.17) is 0 Å². The molecule has 0 aromatic heterocycles. The van der Waals surface area contributed by atoms with Crippen LogP contribution in [0.15, 0.2) is 54.6 Å². The van der Waals surface area contributed by atoms with Gasteiger partial charge in [0, 0.05) is 37.4 Å². The zero-order valence-electron chi connectivity index (χ0n) is 20.3. The van der Waals surface area contributed by atoms with Crippen LogP contribution in [0.25, 0.3) is 0 Å². The first-order valence-electron chi connectivity index (χ1n) is 12.5. The van der Waals surface area contributed by atoms with Crippen molar-refractivity contribution in [3.05, 3.63) is 71.5 Å². The lowest BCUT2D eigenvalue weighted by Crippen LogP contribution is -2.58. The summed E-state index contributed by atoms with van der Waals surface area (Å²) in [7, 11) is 3.96. The normalized spacial score (nSPS) is 20.8. The highest BCUT2D eigenvalue weighted by atomic mass is 19.1. The highest BCUT2D eigenvalue weighted by molar-refractivity contribution is 5.87. The Balaban J connectivity index is 1.44. The van der Waals surface area contributed by atoms with Crippen LogP contribution in [0.1, 0.15) is 55.8 Å². The van der Waals surface area contributed by atoms with Gasteiger partial charge >= 0.3 is 0 Å². The number of quaternary nitrogens is 1. The number of rotatable bonds is 7. The standard InChI is InChI=1S/C28H37F2N2O2/c1-32(2,20-26(30)24-14-8-9-15-25(24)29)23-16-18-31(19-17-23)27(33)28(34,22-12-6-7-13-22)21-10-4-3-5-11-21/h3-5,8-11,14-15,22-23,26,34H,6-7,12-13,16-20H2,1-2H3/q+1. The second-order valence-corrected chi connectivity index (χ2v) is 10.6. The van der Waals surface area contributed by atoms with Crippen LogP contribution in [0.4, 0.5) is 8.78 Å². The van der Waals surface area contributed by atoms with E-state index in [1.54, 1.807) is 17.0 Å². The molecular formula is C28H37F2N2O2+. The minimum atomic E-state index is -1.50. The van der Waals surface area contributed by atoms with Crippen LogP contribution in [0, 0.1) is 11.7 Å². The molecule has 34 heavy (non-hydrogen) atoms. The van der Waals surface area contributed by atoms with Crippen molar-refractivity contribution in [1.82, 2.24) is 4.90 Å². The van der Waals surface area contributed by atoms with E-state index in [-0.39, 0.29) is 30.0 Å². The molecule has 2 aliphatic rings. The largest absolute Gasteiger partial charge is 0.375 e. The van der Waals surface area contributed by atoms with Gasteiger partial charge in [-0.05, 0) is 24.5 Å². The minimum absolute atomic E-state index is 0.0691. The second-order valence-electron chi connectivity index (χ2n) is 10.6. The lowest BCUT2D eigenvalue weighted by atomic mass is 9.78. The number of piperidine rings is 1. The number of halogens is 2. The maximum atomic E-state index is 15.0. The number of hydrogen-bond acceptors (Lipinski definition) is 2. The number of hydrogen-bond donors (Lipinski definition) is 1. The molecule has 4 nitrogen and oxygen atoms in total. The Morgan fingerprint density at radius 1 is 1.03 bits per heavy atom. The third-order valence-corrected chi connectivity index (χ3v) is 8.10. The Labute approximate surface area is 201 Å². The SMILES string of the molecule is C[N+](C)(CC(F)c1ccccc1F)C1CCN(C(=O)C(O)(c2ccccc2)C2CCCC2)CC1. The fraction of sp³-hybridized carbons (Fsp3) is 0.536. The van der Waals surface area contributed by atoms with Crippen LogP contribution in [0.5, 0.6) is 0 Å². The van der Waals surface area contributed by atoms with Gasteiger partial charge in [0.1, 0.15) is 12.4 Å². The van der Waals surface area contributed by atoms with Crippen LogP contribution < -0.4 is 0 Å². The van der Waals surface area contributed by atoms with Crippen molar-refractivity contribution >= 4 is 5.91 Å². The number of benzene rings is 2. The van der Waals surface area contributed by atoms with Crippen LogP contribution in [0.3, 0.4) is 0 Å². The molecule has 1 N–H and O–H groups in total. The second kappa shape index (κ2) is 10.1. The highest BCUT2D eigenvalue weighted by Gasteiger charge is 2.49. The summed E-state index contributed by atoms with van der Waals surface area (Å²) in [5, 5.41) is 11.8. The van der Waals surface area contributed by atoms with Crippen molar-refractivity contribution in [3.63, 3.8) is 0 Å². The van der Waals surface area contributed by atoms with Gasteiger partial charge in [-0.1, -0.05) is 61.4 Å². The van der Waals surface area contributed by atoms with E-state index in [0.29, 0.717) is 23.1 Å². The predicted molar refractivity (Wildman–Crippen MR) is 129 cm³/mol. The topological polar surface area (TPSA) is 40.5 Å². The van der Waals surface area contributed by atoms with Crippen LogP contribution >= 0.6 is 0 Å². The van der Waals surface area contributed by atoms with Crippen molar-refractivity contribution < 1.29 is 23.2 Å². The predicted octanol–water partition coefficient (Wildman–Crippen LogP) is 4.98. The van der Waals surface area contributed by atoms with Gasteiger partial charge in [0.2, 0.25) is 0 Å². The minimum Gasteiger partial charge on any atom is -0.375 e. The molecule has 6 heteroatoms. The van der Waals surface area contributed by atoms with Gasteiger partial charge < -0.3 is 14.5 Å². The Hall–Kier alpha value is -2.31. The molecule has 184 valence electrons. The van der Waals surface area contributed by atoms with Crippen LogP contribution in [-0.4, -0.2) is 60.2 Å². The quantitative estimate of drug-likeness (QED) is 0.579. The van der Waals surface area contributed by atoms with Crippen LogP contribution in [-0.2, 0) is 10.4 Å². The molecule has 0 spiro atoms. The summed E-state index contributed by atoms with van der Waals surface area (Å²) < 4.78 is 29.5. The van der Waals surface area contributed by atoms with Gasteiger partial charge in [-0.3, -0.25) is 4.79 Å². The number of likely N-dealkylation sites (N-methyl/N-ethyl adjacent to an activating group) is 1.